The van der Waals surface area contributed by atoms with E-state index in [4.69, 9.17) is 19.5 Å². The summed E-state index contributed by atoms with van der Waals surface area (Å²) in [5.41, 5.74) is 16.8. The molecule has 4 saturated heterocycles. The Morgan fingerprint density at radius 1 is 0.475 bits per heavy atom. The fourth-order valence-corrected chi connectivity index (χ4v) is 15.5. The van der Waals surface area contributed by atoms with Gasteiger partial charge in [0.1, 0.15) is 0 Å². The van der Waals surface area contributed by atoms with Gasteiger partial charge in [-0.05, 0) is 168 Å². The smallest absolute Gasteiger partial charge is 0.237 e. The summed E-state index contributed by atoms with van der Waals surface area (Å²) in [5, 5.41) is 0. The molecule has 2 atom stereocenters. The molecule has 0 aliphatic carbocycles. The fourth-order valence-electron chi connectivity index (χ4n) is 15.5. The lowest BCUT2D eigenvalue weighted by Crippen LogP contribution is -2.43. The second-order valence-corrected chi connectivity index (χ2v) is 28.5. The van der Waals surface area contributed by atoms with Crippen molar-refractivity contribution in [3.8, 4) is 34.5 Å². The first-order chi connectivity index (χ1) is 49.1. The highest BCUT2D eigenvalue weighted by atomic mass is 16.5. The van der Waals surface area contributed by atoms with Crippen molar-refractivity contribution in [1.82, 2.24) is 49.5 Å². The Morgan fingerprint density at radius 3 is 1.30 bits per heavy atom. The number of aryl methyl sites for hydroxylation is 1. The summed E-state index contributed by atoms with van der Waals surface area (Å²) in [7, 11) is 0. The van der Waals surface area contributed by atoms with Crippen LogP contribution in [-0.2, 0) is 32.3 Å². The number of pyridine rings is 2. The molecule has 16 rings (SSSR count). The van der Waals surface area contributed by atoms with Crippen LogP contribution in [0.3, 0.4) is 0 Å². The lowest BCUT2D eigenvalue weighted by atomic mass is 9.85. The number of amides is 4. The van der Waals surface area contributed by atoms with Crippen molar-refractivity contribution >= 4 is 57.6 Å². The molecule has 0 radical (unpaired) electrons. The van der Waals surface area contributed by atoms with Crippen molar-refractivity contribution in [1.29, 1.82) is 0 Å². The minimum absolute atomic E-state index is 0.0574. The maximum atomic E-state index is 14.1. The minimum Gasteiger partial charge on any atom is -0.475 e. The summed E-state index contributed by atoms with van der Waals surface area (Å²) in [6.07, 6.45) is 20.0. The predicted octanol–water partition coefficient (Wildman–Crippen LogP) is 11.2. The highest BCUT2D eigenvalue weighted by Gasteiger charge is 2.53. The molecule has 0 saturated carbocycles. The van der Waals surface area contributed by atoms with Crippen LogP contribution in [0, 0.1) is 17.8 Å². The summed E-state index contributed by atoms with van der Waals surface area (Å²) in [4.78, 5) is 103. The normalized spacial score (nSPS) is 20.3. The average molecular weight is 1350 g/mol. The zero-order valence-electron chi connectivity index (χ0n) is 58.1. The number of hydrogen-bond acceptors (Lipinski definition) is 16. The molecule has 20 heteroatoms. The van der Waals surface area contributed by atoms with Crippen LogP contribution >= 0.6 is 0 Å². The molecule has 8 aromatic rings. The van der Waals surface area contributed by atoms with Gasteiger partial charge < -0.3 is 29.1 Å². The van der Waals surface area contributed by atoms with Crippen LogP contribution in [0.4, 0.5) is 11.4 Å². The molecular weight excluding hydrogens is 1260 g/mol. The molecule has 0 bridgehead atoms. The SMILES string of the molecule is CC(C)Oc1ccc(C2=NCc3ccc(N4CC[C@]5(CCN(CC(=O)N6CC=C(c7ccc(-c8ncccn8)cc7)CC6)C5)C4=O)cc32)cn1.Cc1cnc(-c2ccc(C3=CCN(C(=O)CN4CC[C@]5(CCN(c6ccc7c(c6)C(c6ccc(OC(C)C)nc6)=NC7)C5=O)C4)CC3)cc2)nc1. The maximum absolute atomic E-state index is 14.1. The van der Waals surface area contributed by atoms with Crippen LogP contribution in [0.15, 0.2) is 175 Å². The number of aromatic nitrogens is 6. The summed E-state index contributed by atoms with van der Waals surface area (Å²) < 4.78 is 11.4. The Labute approximate surface area is 589 Å². The standard InChI is InChI=1S/C41H43N7O3.C40H41N7O3/c1-27(2)51-36-11-9-33(24-42-36)38-35-20-34(10-8-32(35)23-43-38)48-19-15-41(40(48)50)14-18-46(26-41)25-37(49)47-16-12-30(13-17-47)29-4-6-31(7-5-29)39-44-21-28(3)22-45-39;1-27(2)50-35-11-9-32(24-43-35)37-34-22-33(10-8-31(34)23-44-37)47-21-15-40(39(47)49)14-20-45(26-40)25-36(48)46-18-12-29(13-19-46)28-4-6-30(7-5-28)38-41-16-3-17-42-38/h4-12,20-22,24,27H,13-19,23,25-26H2,1-3H3;3-12,16-17,22,24,27H,13-15,18-21,23,25-26H2,1-2H3/t41-;40-/m00/s1. The monoisotopic (exact) mass is 1350 g/mol. The third-order valence-electron chi connectivity index (χ3n) is 21.0. The van der Waals surface area contributed by atoms with Crippen LogP contribution < -0.4 is 19.3 Å². The number of carbonyl (C=O) groups excluding carboxylic acids is 4. The largest absolute Gasteiger partial charge is 0.475 e. The lowest BCUT2D eigenvalue weighted by molar-refractivity contribution is -0.133. The van der Waals surface area contributed by atoms with Gasteiger partial charge in [0, 0.05) is 146 Å². The van der Waals surface area contributed by atoms with Gasteiger partial charge in [-0.1, -0.05) is 72.8 Å². The molecule has 8 aliphatic heterocycles. The second-order valence-electron chi connectivity index (χ2n) is 28.5. The van der Waals surface area contributed by atoms with Crippen molar-refractivity contribution < 1.29 is 28.7 Å². The molecule has 4 fully saturated rings. The van der Waals surface area contributed by atoms with E-state index in [-0.39, 0.29) is 35.8 Å². The highest BCUT2D eigenvalue weighted by molar-refractivity contribution is 6.17. The van der Waals surface area contributed by atoms with E-state index in [2.05, 4.69) is 125 Å². The first kappa shape index (κ1) is 66.4. The quantitative estimate of drug-likeness (QED) is 0.0882. The number of nitrogens with zero attached hydrogens (tertiary/aromatic N) is 14. The number of aliphatic imine (C=N–C) groups is 2. The van der Waals surface area contributed by atoms with E-state index >= 15 is 0 Å². The number of rotatable bonds is 16. The van der Waals surface area contributed by atoms with Crippen LogP contribution in [0.2, 0.25) is 0 Å². The van der Waals surface area contributed by atoms with E-state index in [0.717, 1.165) is 136 Å². The van der Waals surface area contributed by atoms with Crippen molar-refractivity contribution in [2.45, 2.75) is 98.4 Å². The summed E-state index contributed by atoms with van der Waals surface area (Å²) >= 11 is 0. The molecule has 4 amide bonds. The number of hydrogen-bond donors (Lipinski definition) is 0. The van der Waals surface area contributed by atoms with Gasteiger partial charge in [-0.3, -0.25) is 39.0 Å². The van der Waals surface area contributed by atoms with Gasteiger partial charge in [-0.2, -0.15) is 0 Å². The molecule has 0 unspecified atom stereocenters. The van der Waals surface area contributed by atoms with Crippen LogP contribution in [0.25, 0.3) is 33.9 Å². The first-order valence-corrected chi connectivity index (χ1v) is 35.5. The Balaban J connectivity index is 0.000000164. The van der Waals surface area contributed by atoms with Crippen molar-refractivity contribution in [3.05, 3.63) is 215 Å². The van der Waals surface area contributed by atoms with Crippen molar-refractivity contribution in [2.75, 3.05) is 88.3 Å². The molecule has 4 aromatic heterocycles. The Hall–Kier alpha value is -10.4. The number of ether oxygens (including phenoxy) is 2. The van der Waals surface area contributed by atoms with Gasteiger partial charge in [-0.25, -0.2) is 29.9 Å². The zero-order valence-corrected chi connectivity index (χ0v) is 58.1. The number of benzene rings is 4. The number of fused-ring (bicyclic) bond motifs is 2. The van der Waals surface area contributed by atoms with E-state index in [9.17, 15) is 19.2 Å². The topological polar surface area (TPSA) is 208 Å². The minimum atomic E-state index is -0.447. The molecule has 514 valence electrons. The van der Waals surface area contributed by atoms with E-state index in [1.807, 2.05) is 121 Å². The van der Waals surface area contributed by atoms with E-state index in [1.165, 1.54) is 16.7 Å². The number of likely N-dealkylation sites (tertiary alicyclic amines) is 2. The van der Waals surface area contributed by atoms with Gasteiger partial charge in [-0.15, -0.1) is 0 Å². The molecule has 20 nitrogen and oxygen atoms in total. The highest BCUT2D eigenvalue weighted by Crippen LogP contribution is 2.45. The Morgan fingerprint density at radius 2 is 0.891 bits per heavy atom. The number of carbonyl (C=O) groups is 4. The molecule has 12 heterocycles. The predicted molar refractivity (Wildman–Crippen MR) is 391 cm³/mol. The summed E-state index contributed by atoms with van der Waals surface area (Å²) in [6.45, 7) is 18.5. The molecule has 2 spiro atoms. The van der Waals surface area contributed by atoms with Crippen molar-refractivity contribution in [3.63, 3.8) is 0 Å². The molecule has 4 aromatic carbocycles. The van der Waals surface area contributed by atoms with Crippen LogP contribution in [-0.4, -0.2) is 175 Å². The lowest BCUT2D eigenvalue weighted by Gasteiger charge is -2.29. The summed E-state index contributed by atoms with van der Waals surface area (Å²) in [6, 6.07) is 38.7. The average Bonchev–Trinajstić information content (AvgIpc) is 1.61. The van der Waals surface area contributed by atoms with Gasteiger partial charge in [0.05, 0.1) is 60.6 Å². The maximum Gasteiger partial charge on any atom is 0.237 e. The molecular formula is C81H84N14O6. The van der Waals surface area contributed by atoms with Gasteiger partial charge in [0.2, 0.25) is 35.4 Å². The van der Waals surface area contributed by atoms with E-state index < -0.39 is 10.8 Å². The third-order valence-corrected chi connectivity index (χ3v) is 21.0. The summed E-state index contributed by atoms with van der Waals surface area (Å²) in [5.74, 6) is 3.20. The third kappa shape index (κ3) is 14.0. The van der Waals surface area contributed by atoms with Gasteiger partial charge in [0.25, 0.3) is 0 Å². The second kappa shape index (κ2) is 28.3. The van der Waals surface area contributed by atoms with E-state index in [0.29, 0.717) is 96.1 Å². The molecule has 8 aliphatic rings. The van der Waals surface area contributed by atoms with Gasteiger partial charge in [0.15, 0.2) is 11.6 Å². The Kier molecular flexibility index (Phi) is 18.6. The first-order valence-electron chi connectivity index (χ1n) is 35.5. The van der Waals surface area contributed by atoms with Crippen LogP contribution in [0.1, 0.15) is 116 Å². The van der Waals surface area contributed by atoms with Crippen molar-refractivity contribution in [2.24, 2.45) is 20.8 Å². The van der Waals surface area contributed by atoms with E-state index in [1.54, 1.807) is 12.4 Å². The Bertz CT molecular complexity index is 4580. The molecule has 101 heavy (non-hydrogen) atoms. The van der Waals surface area contributed by atoms with Crippen LogP contribution in [0.5, 0.6) is 11.8 Å². The van der Waals surface area contributed by atoms with Gasteiger partial charge >= 0.3 is 0 Å². The fraction of sp³-hybridized carbons (Fsp3) is 0.358. The molecule has 0 N–H and O–H groups in total. The zero-order chi connectivity index (χ0) is 69.4. The number of anilines is 2.